The van der Waals surface area contributed by atoms with Crippen molar-refractivity contribution in [3.63, 3.8) is 0 Å². The van der Waals surface area contributed by atoms with Crippen molar-refractivity contribution in [2.75, 3.05) is 0 Å². The van der Waals surface area contributed by atoms with Gasteiger partial charge in [0.2, 0.25) is 0 Å². The third kappa shape index (κ3) is 2.59. The minimum absolute atomic E-state index is 0.0254. The monoisotopic (exact) mass is 287 g/mol. The zero-order valence-corrected chi connectivity index (χ0v) is 11.0. The van der Waals surface area contributed by atoms with E-state index in [1.165, 1.54) is 0 Å². The zero-order chi connectivity index (χ0) is 14.0. The predicted octanol–water partition coefficient (Wildman–Crippen LogP) is 2.78. The Kier molecular flexibility index (Phi) is 4.11. The summed E-state index contributed by atoms with van der Waals surface area (Å²) >= 11 is 5.51. The molecule has 2 aromatic rings. The van der Waals surface area contributed by atoms with Crippen molar-refractivity contribution in [1.29, 1.82) is 0 Å². The first kappa shape index (κ1) is 13.9. The molecule has 0 bridgehead atoms. The van der Waals surface area contributed by atoms with Gasteiger partial charge in [-0.15, -0.1) is 10.2 Å². The molecule has 1 heterocycles. The Bertz CT molecular complexity index is 601. The van der Waals surface area contributed by atoms with Gasteiger partial charge in [0.25, 0.3) is 0 Å². The molecule has 0 aliphatic carbocycles. The Balaban J connectivity index is 2.58. The average Bonchev–Trinajstić information content (AvgIpc) is 2.77. The van der Waals surface area contributed by atoms with Gasteiger partial charge in [0, 0.05) is 6.54 Å². The molecule has 0 unspecified atom stereocenters. The summed E-state index contributed by atoms with van der Waals surface area (Å²) in [4.78, 5) is 0. The molecule has 0 spiro atoms. The van der Waals surface area contributed by atoms with Crippen molar-refractivity contribution >= 4 is 11.6 Å². The highest BCUT2D eigenvalue weighted by atomic mass is 35.5. The van der Waals surface area contributed by atoms with E-state index < -0.39 is 11.6 Å². The van der Waals surface area contributed by atoms with Crippen LogP contribution in [0.1, 0.15) is 19.2 Å². The van der Waals surface area contributed by atoms with E-state index in [1.807, 2.05) is 6.92 Å². The second-order valence-electron chi connectivity index (χ2n) is 4.00. The molecule has 0 saturated heterocycles. The molecule has 4 nitrogen and oxygen atoms in total. The van der Waals surface area contributed by atoms with Crippen LogP contribution in [0.4, 0.5) is 8.78 Å². The number of aliphatic hydroxyl groups is 1. The predicted molar refractivity (Wildman–Crippen MR) is 66.6 cm³/mol. The van der Waals surface area contributed by atoms with E-state index in [1.54, 1.807) is 4.57 Å². The molecule has 0 amide bonds. The lowest BCUT2D eigenvalue weighted by atomic mass is 10.2. The van der Waals surface area contributed by atoms with Crippen molar-refractivity contribution < 1.29 is 13.9 Å². The topological polar surface area (TPSA) is 50.9 Å². The van der Waals surface area contributed by atoms with Gasteiger partial charge in [-0.1, -0.05) is 18.5 Å². The Morgan fingerprint density at radius 2 is 2.00 bits per heavy atom. The lowest BCUT2D eigenvalue weighted by molar-refractivity contribution is 0.264. The van der Waals surface area contributed by atoms with Crippen molar-refractivity contribution in [2.45, 2.75) is 26.5 Å². The molecule has 0 radical (unpaired) electrons. The van der Waals surface area contributed by atoms with Crippen LogP contribution >= 0.6 is 11.6 Å². The number of halogens is 3. The summed E-state index contributed by atoms with van der Waals surface area (Å²) in [5.41, 5.74) is -0.0254. The van der Waals surface area contributed by atoms with E-state index in [0.717, 1.165) is 18.6 Å². The molecule has 1 aromatic carbocycles. The largest absolute Gasteiger partial charge is 0.388 e. The third-order valence-electron chi connectivity index (χ3n) is 2.67. The van der Waals surface area contributed by atoms with Crippen molar-refractivity contribution in [3.05, 3.63) is 34.6 Å². The number of benzene rings is 1. The average molecular weight is 288 g/mol. The van der Waals surface area contributed by atoms with E-state index in [4.69, 9.17) is 16.7 Å². The second kappa shape index (κ2) is 5.63. The smallest absolute Gasteiger partial charge is 0.167 e. The zero-order valence-electron chi connectivity index (χ0n) is 10.2. The van der Waals surface area contributed by atoms with Gasteiger partial charge < -0.3 is 9.67 Å². The number of aliphatic hydroxyl groups excluding tert-OH is 1. The van der Waals surface area contributed by atoms with Gasteiger partial charge in [-0.2, -0.15) is 0 Å². The van der Waals surface area contributed by atoms with Gasteiger partial charge in [0.05, 0.1) is 10.6 Å². The maximum Gasteiger partial charge on any atom is 0.167 e. The van der Waals surface area contributed by atoms with E-state index in [2.05, 4.69) is 10.2 Å². The Hall–Kier alpha value is -1.53. The van der Waals surface area contributed by atoms with E-state index in [0.29, 0.717) is 12.4 Å². The fourth-order valence-electron chi connectivity index (χ4n) is 1.80. The highest BCUT2D eigenvalue weighted by molar-refractivity contribution is 6.30. The minimum atomic E-state index is -0.727. The van der Waals surface area contributed by atoms with Gasteiger partial charge >= 0.3 is 0 Å². The first-order valence-corrected chi connectivity index (χ1v) is 6.14. The van der Waals surface area contributed by atoms with Gasteiger partial charge in [-0.05, 0) is 18.6 Å². The SMILES string of the molecule is CCCn1c(CO)nnc1-c1cc(F)c(Cl)cc1F. The number of hydrogen-bond donors (Lipinski definition) is 1. The maximum absolute atomic E-state index is 13.9. The summed E-state index contributed by atoms with van der Waals surface area (Å²) in [5, 5.41) is 16.4. The van der Waals surface area contributed by atoms with E-state index in [9.17, 15) is 8.78 Å². The molecular formula is C12H12ClF2N3O. The molecule has 7 heteroatoms. The van der Waals surface area contributed by atoms with Gasteiger partial charge in [-0.3, -0.25) is 0 Å². The molecule has 0 saturated carbocycles. The van der Waals surface area contributed by atoms with Crippen LogP contribution < -0.4 is 0 Å². The van der Waals surface area contributed by atoms with Crippen LogP contribution in [0.2, 0.25) is 5.02 Å². The van der Waals surface area contributed by atoms with E-state index in [-0.39, 0.29) is 23.0 Å². The first-order valence-electron chi connectivity index (χ1n) is 5.76. The number of nitrogens with zero attached hydrogens (tertiary/aromatic N) is 3. The lowest BCUT2D eigenvalue weighted by Gasteiger charge is -2.09. The van der Waals surface area contributed by atoms with Gasteiger partial charge in [0.1, 0.15) is 18.2 Å². The third-order valence-corrected chi connectivity index (χ3v) is 2.96. The number of rotatable bonds is 4. The Morgan fingerprint density at radius 3 is 2.63 bits per heavy atom. The summed E-state index contributed by atoms with van der Waals surface area (Å²) in [6, 6.07) is 1.88. The van der Waals surface area contributed by atoms with Crippen LogP contribution in [0.5, 0.6) is 0 Å². The minimum Gasteiger partial charge on any atom is -0.388 e. The van der Waals surface area contributed by atoms with Crippen LogP contribution in [0.15, 0.2) is 12.1 Å². The van der Waals surface area contributed by atoms with Crippen LogP contribution in [0.3, 0.4) is 0 Å². The second-order valence-corrected chi connectivity index (χ2v) is 4.40. The normalized spacial score (nSPS) is 11.0. The molecule has 0 atom stereocenters. The molecule has 1 aromatic heterocycles. The number of hydrogen-bond acceptors (Lipinski definition) is 3. The standard InChI is InChI=1S/C12H12ClF2N3O/c1-2-3-18-11(6-19)16-17-12(18)7-4-10(15)8(13)5-9(7)14/h4-5,19H,2-3,6H2,1H3. The summed E-state index contributed by atoms with van der Waals surface area (Å²) in [6.45, 7) is 2.11. The Morgan fingerprint density at radius 1 is 1.26 bits per heavy atom. The molecular weight excluding hydrogens is 276 g/mol. The summed E-state index contributed by atoms with van der Waals surface area (Å²) in [5.74, 6) is -0.916. The first-order chi connectivity index (χ1) is 9.08. The van der Waals surface area contributed by atoms with Gasteiger partial charge in [-0.25, -0.2) is 8.78 Å². The molecule has 102 valence electrons. The van der Waals surface area contributed by atoms with Crippen LogP contribution in [-0.2, 0) is 13.2 Å². The molecule has 19 heavy (non-hydrogen) atoms. The fourth-order valence-corrected chi connectivity index (χ4v) is 1.95. The molecule has 2 rings (SSSR count). The van der Waals surface area contributed by atoms with Crippen molar-refractivity contribution in [2.24, 2.45) is 0 Å². The van der Waals surface area contributed by atoms with Crippen LogP contribution in [0, 0.1) is 11.6 Å². The summed E-state index contributed by atoms with van der Waals surface area (Å²) in [6.07, 6.45) is 0.746. The van der Waals surface area contributed by atoms with Crippen LogP contribution in [-0.4, -0.2) is 19.9 Å². The highest BCUT2D eigenvalue weighted by Gasteiger charge is 2.18. The Labute approximate surface area is 113 Å². The summed E-state index contributed by atoms with van der Waals surface area (Å²) < 4.78 is 28.9. The van der Waals surface area contributed by atoms with Crippen molar-refractivity contribution in [1.82, 2.24) is 14.8 Å². The molecule has 1 N–H and O–H groups in total. The van der Waals surface area contributed by atoms with E-state index >= 15 is 0 Å². The lowest BCUT2D eigenvalue weighted by Crippen LogP contribution is -2.06. The van der Waals surface area contributed by atoms with Gasteiger partial charge in [0.15, 0.2) is 11.6 Å². The number of aromatic nitrogens is 3. The maximum atomic E-state index is 13.9. The quantitative estimate of drug-likeness (QED) is 0.880. The van der Waals surface area contributed by atoms with Crippen molar-refractivity contribution in [3.8, 4) is 11.4 Å². The van der Waals surface area contributed by atoms with Crippen LogP contribution in [0.25, 0.3) is 11.4 Å². The molecule has 0 fully saturated rings. The molecule has 0 aliphatic heterocycles. The highest BCUT2D eigenvalue weighted by Crippen LogP contribution is 2.27. The summed E-state index contributed by atoms with van der Waals surface area (Å²) in [7, 11) is 0. The fraction of sp³-hybridized carbons (Fsp3) is 0.333. The molecule has 0 aliphatic rings.